The Morgan fingerprint density at radius 2 is 1.71 bits per heavy atom. The van der Waals surface area contributed by atoms with E-state index in [4.69, 9.17) is 9.90 Å². The van der Waals surface area contributed by atoms with Crippen LogP contribution in [0, 0.1) is 5.82 Å². The number of carboxylic acids is 1. The second-order valence-electron chi connectivity index (χ2n) is 6.15. The number of hydrogen-bond acceptors (Lipinski definition) is 5. The summed E-state index contributed by atoms with van der Waals surface area (Å²) in [5, 5.41) is 13.9. The molecule has 0 fully saturated rings. The molecule has 0 aliphatic carbocycles. The predicted molar refractivity (Wildman–Crippen MR) is 107 cm³/mol. The molecule has 0 unspecified atom stereocenters. The summed E-state index contributed by atoms with van der Waals surface area (Å²) >= 11 is 1.40. The Balaban J connectivity index is 0.000000339. The van der Waals surface area contributed by atoms with Gasteiger partial charge < -0.3 is 5.11 Å². The third-order valence-corrected chi connectivity index (χ3v) is 5.11. The Kier molecular flexibility index (Phi) is 6.16. The van der Waals surface area contributed by atoms with Gasteiger partial charge in [0.2, 0.25) is 0 Å². The van der Waals surface area contributed by atoms with Gasteiger partial charge in [-0.2, -0.15) is 18.3 Å². The molecule has 0 saturated carbocycles. The SMILES string of the molecule is Cn1nc(-c2ccccc2F)c2scc(-c3ccncc3)c2c1=O.O=C(O)C(F)(F)F. The van der Waals surface area contributed by atoms with Gasteiger partial charge in [-0.05, 0) is 29.8 Å². The van der Waals surface area contributed by atoms with Gasteiger partial charge in [-0.1, -0.05) is 12.1 Å². The van der Waals surface area contributed by atoms with Gasteiger partial charge in [-0.25, -0.2) is 13.9 Å². The van der Waals surface area contributed by atoms with Crippen LogP contribution < -0.4 is 5.56 Å². The lowest BCUT2D eigenvalue weighted by atomic mass is 10.0. The first kappa shape index (κ1) is 22.1. The number of rotatable bonds is 2. The van der Waals surface area contributed by atoms with Gasteiger partial charge in [0.15, 0.2) is 0 Å². The molecule has 11 heteroatoms. The minimum Gasteiger partial charge on any atom is -0.475 e. The van der Waals surface area contributed by atoms with Crippen LogP contribution in [-0.2, 0) is 11.8 Å². The minimum atomic E-state index is -5.08. The Morgan fingerprint density at radius 3 is 2.29 bits per heavy atom. The number of fused-ring (bicyclic) bond motifs is 1. The monoisotopic (exact) mass is 451 g/mol. The lowest BCUT2D eigenvalue weighted by molar-refractivity contribution is -0.192. The fourth-order valence-corrected chi connectivity index (χ4v) is 3.79. The molecule has 31 heavy (non-hydrogen) atoms. The first-order valence-electron chi connectivity index (χ1n) is 8.55. The highest BCUT2D eigenvalue weighted by Crippen LogP contribution is 2.37. The van der Waals surface area contributed by atoms with Crippen molar-refractivity contribution in [2.24, 2.45) is 7.05 Å². The molecule has 0 saturated heterocycles. The summed E-state index contributed by atoms with van der Waals surface area (Å²) in [5.41, 5.74) is 2.40. The van der Waals surface area contributed by atoms with Crippen LogP contribution in [0.15, 0.2) is 59.0 Å². The van der Waals surface area contributed by atoms with Crippen LogP contribution in [0.3, 0.4) is 0 Å². The summed E-state index contributed by atoms with van der Waals surface area (Å²) < 4.78 is 47.9. The fourth-order valence-electron chi connectivity index (χ4n) is 2.72. The van der Waals surface area contributed by atoms with Crippen molar-refractivity contribution < 1.29 is 27.5 Å². The highest BCUT2D eigenvalue weighted by Gasteiger charge is 2.38. The molecule has 0 spiro atoms. The molecular weight excluding hydrogens is 438 g/mol. The molecule has 0 radical (unpaired) electrons. The topological polar surface area (TPSA) is 85.1 Å². The molecule has 1 aromatic carbocycles. The third-order valence-electron chi connectivity index (χ3n) is 4.13. The van der Waals surface area contributed by atoms with E-state index in [1.165, 1.54) is 22.1 Å². The summed E-state index contributed by atoms with van der Waals surface area (Å²) in [5.74, 6) is -3.11. The predicted octanol–water partition coefficient (Wildman–Crippen LogP) is 4.50. The summed E-state index contributed by atoms with van der Waals surface area (Å²) in [7, 11) is 1.58. The first-order valence-corrected chi connectivity index (χ1v) is 9.43. The van der Waals surface area contributed by atoms with Crippen molar-refractivity contribution in [2.45, 2.75) is 6.18 Å². The summed E-state index contributed by atoms with van der Waals surface area (Å²) in [4.78, 5) is 25.6. The van der Waals surface area contributed by atoms with E-state index in [1.54, 1.807) is 37.6 Å². The maximum absolute atomic E-state index is 14.2. The lowest BCUT2D eigenvalue weighted by Gasteiger charge is -2.07. The highest BCUT2D eigenvalue weighted by atomic mass is 32.1. The van der Waals surface area contributed by atoms with Crippen molar-refractivity contribution in [3.05, 3.63) is 70.3 Å². The minimum absolute atomic E-state index is 0.196. The molecule has 3 heterocycles. The molecule has 3 aromatic heterocycles. The second kappa shape index (κ2) is 8.64. The zero-order valence-electron chi connectivity index (χ0n) is 15.7. The Labute approximate surface area is 176 Å². The first-order chi connectivity index (χ1) is 14.6. The van der Waals surface area contributed by atoms with E-state index >= 15 is 0 Å². The molecule has 0 bridgehead atoms. The van der Waals surface area contributed by atoms with Crippen molar-refractivity contribution in [3.8, 4) is 22.4 Å². The molecule has 0 aliphatic rings. The third kappa shape index (κ3) is 4.61. The van der Waals surface area contributed by atoms with Crippen LogP contribution in [0.1, 0.15) is 0 Å². The summed E-state index contributed by atoms with van der Waals surface area (Å²) in [6, 6.07) is 10.2. The van der Waals surface area contributed by atoms with Crippen LogP contribution in [0.25, 0.3) is 32.5 Å². The molecule has 4 rings (SSSR count). The normalized spacial score (nSPS) is 11.1. The summed E-state index contributed by atoms with van der Waals surface area (Å²) in [6.07, 6.45) is -1.72. The van der Waals surface area contributed by atoms with Gasteiger partial charge in [0.1, 0.15) is 11.5 Å². The number of benzene rings is 1. The number of alkyl halides is 3. The van der Waals surface area contributed by atoms with Crippen molar-refractivity contribution >= 4 is 27.4 Å². The fraction of sp³-hybridized carbons (Fsp3) is 0.100. The number of aryl methyl sites for hydroxylation is 1. The number of aliphatic carboxylic acids is 1. The van der Waals surface area contributed by atoms with E-state index in [9.17, 15) is 22.4 Å². The van der Waals surface area contributed by atoms with Crippen LogP contribution in [0.5, 0.6) is 0 Å². The zero-order valence-corrected chi connectivity index (χ0v) is 16.5. The van der Waals surface area contributed by atoms with Crippen molar-refractivity contribution in [1.82, 2.24) is 14.8 Å². The molecule has 0 amide bonds. The molecule has 4 aromatic rings. The van der Waals surface area contributed by atoms with Crippen LogP contribution >= 0.6 is 11.3 Å². The zero-order chi connectivity index (χ0) is 22.8. The number of nitrogens with zero attached hydrogens (tertiary/aromatic N) is 3. The van der Waals surface area contributed by atoms with Gasteiger partial charge in [-0.3, -0.25) is 9.78 Å². The van der Waals surface area contributed by atoms with E-state index in [-0.39, 0.29) is 11.4 Å². The van der Waals surface area contributed by atoms with E-state index in [0.717, 1.165) is 11.1 Å². The Bertz CT molecular complexity index is 1300. The molecule has 160 valence electrons. The smallest absolute Gasteiger partial charge is 0.475 e. The largest absolute Gasteiger partial charge is 0.490 e. The number of thiophene rings is 1. The van der Waals surface area contributed by atoms with Gasteiger partial charge in [0.25, 0.3) is 5.56 Å². The van der Waals surface area contributed by atoms with E-state index in [1.807, 2.05) is 17.5 Å². The van der Waals surface area contributed by atoms with E-state index in [0.29, 0.717) is 21.3 Å². The number of hydrogen-bond donors (Lipinski definition) is 1. The van der Waals surface area contributed by atoms with Gasteiger partial charge in [-0.15, -0.1) is 11.3 Å². The van der Waals surface area contributed by atoms with Crippen LogP contribution in [0.4, 0.5) is 17.6 Å². The number of carboxylic acid groups (broad SMARTS) is 1. The molecule has 0 aliphatic heterocycles. The van der Waals surface area contributed by atoms with Gasteiger partial charge in [0, 0.05) is 35.9 Å². The van der Waals surface area contributed by atoms with Gasteiger partial charge in [0.05, 0.1) is 10.1 Å². The average molecular weight is 451 g/mol. The second-order valence-corrected chi connectivity index (χ2v) is 7.03. The number of aromatic nitrogens is 3. The van der Waals surface area contributed by atoms with Gasteiger partial charge >= 0.3 is 12.1 Å². The van der Waals surface area contributed by atoms with Crippen molar-refractivity contribution in [3.63, 3.8) is 0 Å². The maximum Gasteiger partial charge on any atom is 0.490 e. The number of halogens is 4. The Morgan fingerprint density at radius 1 is 1.10 bits per heavy atom. The van der Waals surface area contributed by atoms with E-state index in [2.05, 4.69) is 10.1 Å². The molecular formula is C20H13F4N3O3S. The number of carbonyl (C=O) groups is 1. The Hall–Kier alpha value is -3.60. The van der Waals surface area contributed by atoms with Crippen molar-refractivity contribution in [2.75, 3.05) is 0 Å². The quantitative estimate of drug-likeness (QED) is 0.454. The van der Waals surface area contributed by atoms with Crippen molar-refractivity contribution in [1.29, 1.82) is 0 Å². The van der Waals surface area contributed by atoms with E-state index < -0.39 is 12.1 Å². The maximum atomic E-state index is 14.2. The number of pyridine rings is 1. The summed E-state index contributed by atoms with van der Waals surface area (Å²) in [6.45, 7) is 0. The standard InChI is InChI=1S/C18H12FN3OS.C2HF3O2/c1-22-18(23)15-13(11-6-8-20-9-7-11)10-24-17(15)16(21-22)12-4-2-3-5-14(12)19;3-2(4,5)1(6)7/h2-10H,1H3;(H,6,7). The average Bonchev–Trinajstić information content (AvgIpc) is 3.17. The molecule has 0 atom stereocenters. The van der Waals surface area contributed by atoms with Crippen LogP contribution in [0.2, 0.25) is 0 Å². The van der Waals surface area contributed by atoms with Crippen LogP contribution in [-0.4, -0.2) is 32.0 Å². The molecule has 6 nitrogen and oxygen atoms in total. The molecule has 1 N–H and O–H groups in total. The highest BCUT2D eigenvalue weighted by molar-refractivity contribution is 7.18. The lowest BCUT2D eigenvalue weighted by Crippen LogP contribution is -2.21.